The molecule has 0 heterocycles. The van der Waals surface area contributed by atoms with Crippen LogP contribution in [0.25, 0.3) is 0 Å². The lowest BCUT2D eigenvalue weighted by atomic mass is 10.0. The molecule has 3 atom stereocenters. The standard InChI is InChI=1S/C63H121NO4/c1-3-5-7-9-11-13-15-17-19-21-22-23-24-25-26-27-28-29-30-31-32-33-34-35-36-37-38-39-40-41-42-44-46-48-50-52-54-56-58-62(67)63(68)64-60(59-65)61(66)57-55-53-51-49-47-45-43-20-18-16-14-12-10-8-6-4-2/h28-29,31-32,55,57,60-62,65-67H,3-27,30,33-54,56,58-59H2,1-2H3,(H,64,68)/b29-28-,32-31-,57-55+. The van der Waals surface area contributed by atoms with Crippen molar-refractivity contribution >= 4 is 5.91 Å². The van der Waals surface area contributed by atoms with Gasteiger partial charge in [0.05, 0.1) is 18.8 Å². The van der Waals surface area contributed by atoms with Gasteiger partial charge in [0, 0.05) is 0 Å². The first-order valence-electron chi connectivity index (χ1n) is 30.8. The van der Waals surface area contributed by atoms with E-state index in [-0.39, 0.29) is 6.61 Å². The highest BCUT2D eigenvalue weighted by molar-refractivity contribution is 5.80. The van der Waals surface area contributed by atoms with E-state index in [2.05, 4.69) is 43.5 Å². The van der Waals surface area contributed by atoms with Crippen molar-refractivity contribution in [1.29, 1.82) is 0 Å². The Morgan fingerprint density at radius 1 is 0.368 bits per heavy atom. The van der Waals surface area contributed by atoms with Crippen molar-refractivity contribution in [2.45, 2.75) is 353 Å². The average Bonchev–Trinajstić information content (AvgIpc) is 3.34. The van der Waals surface area contributed by atoms with Gasteiger partial charge in [-0.2, -0.15) is 0 Å². The molecule has 0 fully saturated rings. The molecule has 0 bridgehead atoms. The Bertz CT molecular complexity index is 1060. The molecule has 68 heavy (non-hydrogen) atoms. The van der Waals surface area contributed by atoms with Crippen LogP contribution in [-0.2, 0) is 4.79 Å². The quantitative estimate of drug-likeness (QED) is 0.0361. The van der Waals surface area contributed by atoms with E-state index in [1.807, 2.05) is 6.08 Å². The minimum absolute atomic E-state index is 0.362. The summed E-state index contributed by atoms with van der Waals surface area (Å²) in [6.07, 6.45) is 76.8. The molecule has 0 aromatic heterocycles. The van der Waals surface area contributed by atoms with Gasteiger partial charge in [0.25, 0.3) is 0 Å². The van der Waals surface area contributed by atoms with Crippen LogP contribution in [0.2, 0.25) is 0 Å². The maximum atomic E-state index is 12.6. The fraction of sp³-hybridized carbons (Fsp3) is 0.889. The summed E-state index contributed by atoms with van der Waals surface area (Å²) in [5.41, 5.74) is 0. The molecule has 0 aliphatic heterocycles. The zero-order chi connectivity index (χ0) is 49.3. The maximum Gasteiger partial charge on any atom is 0.249 e. The van der Waals surface area contributed by atoms with Crippen LogP contribution in [0.15, 0.2) is 36.5 Å². The van der Waals surface area contributed by atoms with Crippen LogP contribution in [0, 0.1) is 0 Å². The number of nitrogens with one attached hydrogen (secondary N) is 1. The number of unbranched alkanes of at least 4 members (excludes halogenated alkanes) is 45. The van der Waals surface area contributed by atoms with E-state index in [0.29, 0.717) is 6.42 Å². The highest BCUT2D eigenvalue weighted by Gasteiger charge is 2.22. The van der Waals surface area contributed by atoms with Gasteiger partial charge >= 0.3 is 0 Å². The largest absolute Gasteiger partial charge is 0.394 e. The zero-order valence-electron chi connectivity index (χ0n) is 46.0. The van der Waals surface area contributed by atoms with Crippen LogP contribution in [-0.4, -0.2) is 46.1 Å². The van der Waals surface area contributed by atoms with Crippen molar-refractivity contribution < 1.29 is 20.1 Å². The summed E-state index contributed by atoms with van der Waals surface area (Å²) in [4.78, 5) is 12.6. The molecule has 0 spiro atoms. The third-order valence-corrected chi connectivity index (χ3v) is 14.5. The first-order chi connectivity index (χ1) is 33.6. The van der Waals surface area contributed by atoms with Crippen molar-refractivity contribution in [1.82, 2.24) is 5.32 Å². The predicted octanol–water partition coefficient (Wildman–Crippen LogP) is 19.4. The van der Waals surface area contributed by atoms with Crippen molar-refractivity contribution in [2.75, 3.05) is 6.61 Å². The second-order valence-electron chi connectivity index (χ2n) is 21.3. The molecule has 5 heteroatoms. The molecule has 0 aromatic rings. The SMILES string of the molecule is CCCCCCCCCCCCCCCC/C=C/C(O)C(CO)NC(=O)C(O)CCCCCCCCCCCCCCCCCC/C=C\C/C=C\CCCCCCCCCCCCCCCCC. The third-order valence-electron chi connectivity index (χ3n) is 14.5. The molecule has 0 aromatic carbocycles. The number of amides is 1. The van der Waals surface area contributed by atoms with Crippen molar-refractivity contribution in [2.24, 2.45) is 0 Å². The van der Waals surface area contributed by atoms with Crippen LogP contribution >= 0.6 is 0 Å². The van der Waals surface area contributed by atoms with E-state index in [0.717, 1.165) is 38.5 Å². The van der Waals surface area contributed by atoms with Crippen molar-refractivity contribution in [3.05, 3.63) is 36.5 Å². The van der Waals surface area contributed by atoms with E-state index in [1.165, 1.54) is 276 Å². The van der Waals surface area contributed by atoms with Gasteiger partial charge in [0.2, 0.25) is 5.91 Å². The number of hydrogen-bond acceptors (Lipinski definition) is 4. The van der Waals surface area contributed by atoms with Gasteiger partial charge in [0.1, 0.15) is 6.10 Å². The highest BCUT2D eigenvalue weighted by Crippen LogP contribution is 2.18. The van der Waals surface area contributed by atoms with E-state index in [1.54, 1.807) is 6.08 Å². The maximum absolute atomic E-state index is 12.6. The number of aliphatic hydroxyl groups excluding tert-OH is 3. The van der Waals surface area contributed by atoms with Gasteiger partial charge in [-0.1, -0.05) is 320 Å². The second-order valence-corrected chi connectivity index (χ2v) is 21.3. The van der Waals surface area contributed by atoms with Gasteiger partial charge in [-0.15, -0.1) is 0 Å². The highest BCUT2D eigenvalue weighted by atomic mass is 16.3. The molecule has 0 aliphatic rings. The Morgan fingerprint density at radius 3 is 0.926 bits per heavy atom. The van der Waals surface area contributed by atoms with Crippen molar-refractivity contribution in [3.8, 4) is 0 Å². The Balaban J connectivity index is 3.49. The Labute approximate surface area is 425 Å². The summed E-state index contributed by atoms with van der Waals surface area (Å²) in [5.74, 6) is -0.499. The van der Waals surface area contributed by atoms with E-state index < -0.39 is 24.2 Å². The van der Waals surface area contributed by atoms with Crippen LogP contribution < -0.4 is 5.32 Å². The van der Waals surface area contributed by atoms with Crippen molar-refractivity contribution in [3.63, 3.8) is 0 Å². The van der Waals surface area contributed by atoms with Crippen LogP contribution in [0.1, 0.15) is 335 Å². The number of hydrogen-bond donors (Lipinski definition) is 4. The lowest BCUT2D eigenvalue weighted by Crippen LogP contribution is -2.48. The second kappa shape index (κ2) is 58.1. The number of aliphatic hydroxyl groups is 3. The van der Waals surface area contributed by atoms with Gasteiger partial charge in [0.15, 0.2) is 0 Å². The van der Waals surface area contributed by atoms with Crippen LogP contribution in [0.4, 0.5) is 0 Å². The van der Waals surface area contributed by atoms with E-state index >= 15 is 0 Å². The molecule has 0 rings (SSSR count). The van der Waals surface area contributed by atoms with Crippen LogP contribution in [0.5, 0.6) is 0 Å². The molecule has 402 valence electrons. The minimum Gasteiger partial charge on any atom is -0.394 e. The molecule has 0 aliphatic carbocycles. The lowest BCUT2D eigenvalue weighted by Gasteiger charge is -2.21. The molecule has 4 N–H and O–H groups in total. The Kier molecular flexibility index (Phi) is 56.9. The molecular formula is C63H121NO4. The summed E-state index contributed by atoms with van der Waals surface area (Å²) < 4.78 is 0. The molecule has 0 saturated carbocycles. The van der Waals surface area contributed by atoms with Gasteiger partial charge in [-0.25, -0.2) is 0 Å². The van der Waals surface area contributed by atoms with Crippen LogP contribution in [0.3, 0.4) is 0 Å². The Morgan fingerprint density at radius 2 is 0.632 bits per heavy atom. The first kappa shape index (κ1) is 66.6. The van der Waals surface area contributed by atoms with Gasteiger partial charge < -0.3 is 20.6 Å². The average molecular weight is 957 g/mol. The zero-order valence-corrected chi connectivity index (χ0v) is 46.0. The Hall–Kier alpha value is -1.43. The number of carbonyl (C=O) groups excluding carboxylic acids is 1. The minimum atomic E-state index is -1.10. The summed E-state index contributed by atoms with van der Waals surface area (Å²) in [6.45, 7) is 4.21. The first-order valence-corrected chi connectivity index (χ1v) is 30.8. The lowest BCUT2D eigenvalue weighted by molar-refractivity contribution is -0.131. The molecule has 0 saturated heterocycles. The summed E-state index contributed by atoms with van der Waals surface area (Å²) in [5, 5.41) is 33.4. The smallest absolute Gasteiger partial charge is 0.249 e. The predicted molar refractivity (Wildman–Crippen MR) is 301 cm³/mol. The number of carbonyl (C=O) groups is 1. The molecular weight excluding hydrogens is 835 g/mol. The number of rotatable bonds is 57. The summed E-state index contributed by atoms with van der Waals surface area (Å²) in [6, 6.07) is -0.797. The molecule has 5 nitrogen and oxygen atoms in total. The normalized spacial score (nSPS) is 13.4. The van der Waals surface area contributed by atoms with E-state index in [4.69, 9.17) is 0 Å². The topological polar surface area (TPSA) is 89.8 Å². The van der Waals surface area contributed by atoms with Gasteiger partial charge in [-0.05, 0) is 51.4 Å². The number of allylic oxidation sites excluding steroid dienone is 5. The third kappa shape index (κ3) is 52.4. The fourth-order valence-electron chi connectivity index (χ4n) is 9.69. The van der Waals surface area contributed by atoms with E-state index in [9.17, 15) is 20.1 Å². The monoisotopic (exact) mass is 956 g/mol. The molecule has 0 radical (unpaired) electrons. The molecule has 1 amide bonds. The summed E-state index contributed by atoms with van der Waals surface area (Å²) in [7, 11) is 0. The fourth-order valence-corrected chi connectivity index (χ4v) is 9.69. The summed E-state index contributed by atoms with van der Waals surface area (Å²) >= 11 is 0. The van der Waals surface area contributed by atoms with Gasteiger partial charge in [-0.3, -0.25) is 4.79 Å². The molecule has 3 unspecified atom stereocenters.